The third-order valence-electron chi connectivity index (χ3n) is 2.95. The van der Waals surface area contributed by atoms with Crippen molar-refractivity contribution in [2.45, 2.75) is 18.9 Å². The van der Waals surface area contributed by atoms with E-state index in [2.05, 4.69) is 4.98 Å². The number of esters is 1. The molecule has 1 heterocycles. The minimum Gasteiger partial charge on any atom is -0.465 e. The molecule has 0 spiro atoms. The lowest BCUT2D eigenvalue weighted by Crippen LogP contribution is -2.30. The van der Waals surface area contributed by atoms with Crippen molar-refractivity contribution in [1.82, 2.24) is 4.98 Å². The van der Waals surface area contributed by atoms with Crippen molar-refractivity contribution >= 4 is 17.5 Å². The number of anilines is 2. The summed E-state index contributed by atoms with van der Waals surface area (Å²) in [5.41, 5.74) is 6.67. The van der Waals surface area contributed by atoms with Gasteiger partial charge in [0.15, 0.2) is 0 Å². The van der Waals surface area contributed by atoms with Crippen LogP contribution in [-0.4, -0.2) is 42.4 Å². The standard InChI is InChI=1S/C12H17N3O3/c1-18-12(17)9-6-11(13)14-7-10(9)15(4-5-16)8-2-3-8/h6-8,16H,2-5H2,1H3,(H2,13,14). The fourth-order valence-corrected chi connectivity index (χ4v) is 1.96. The first-order valence-corrected chi connectivity index (χ1v) is 5.88. The van der Waals surface area contributed by atoms with Crippen LogP contribution in [0.5, 0.6) is 0 Å². The van der Waals surface area contributed by atoms with E-state index in [0.717, 1.165) is 12.8 Å². The van der Waals surface area contributed by atoms with E-state index in [1.54, 1.807) is 6.20 Å². The molecule has 0 saturated heterocycles. The second-order valence-corrected chi connectivity index (χ2v) is 4.27. The van der Waals surface area contributed by atoms with Crippen LogP contribution >= 0.6 is 0 Å². The van der Waals surface area contributed by atoms with Gasteiger partial charge in [0.05, 0.1) is 31.2 Å². The molecule has 18 heavy (non-hydrogen) atoms. The van der Waals surface area contributed by atoms with Gasteiger partial charge in [-0.05, 0) is 18.9 Å². The predicted octanol–water partition coefficient (Wildman–Crippen LogP) is 0.411. The lowest BCUT2D eigenvalue weighted by molar-refractivity contribution is 0.0601. The first-order valence-electron chi connectivity index (χ1n) is 5.88. The summed E-state index contributed by atoms with van der Waals surface area (Å²) in [5, 5.41) is 9.11. The minimum absolute atomic E-state index is 0.0293. The van der Waals surface area contributed by atoms with Gasteiger partial charge in [0.25, 0.3) is 0 Å². The van der Waals surface area contributed by atoms with E-state index in [-0.39, 0.29) is 12.4 Å². The molecule has 1 aromatic rings. The van der Waals surface area contributed by atoms with Crippen LogP contribution in [0.2, 0.25) is 0 Å². The van der Waals surface area contributed by atoms with E-state index in [1.807, 2.05) is 4.90 Å². The van der Waals surface area contributed by atoms with Crippen molar-refractivity contribution in [1.29, 1.82) is 0 Å². The number of rotatable bonds is 5. The Morgan fingerprint density at radius 1 is 1.67 bits per heavy atom. The van der Waals surface area contributed by atoms with Crippen LogP contribution in [0.15, 0.2) is 12.3 Å². The van der Waals surface area contributed by atoms with Gasteiger partial charge < -0.3 is 20.5 Å². The Morgan fingerprint density at radius 3 is 2.94 bits per heavy atom. The zero-order valence-corrected chi connectivity index (χ0v) is 10.3. The zero-order chi connectivity index (χ0) is 13.1. The Hall–Kier alpha value is -1.82. The van der Waals surface area contributed by atoms with Crippen molar-refractivity contribution in [3.63, 3.8) is 0 Å². The highest BCUT2D eigenvalue weighted by Gasteiger charge is 2.31. The molecule has 1 aromatic heterocycles. The Morgan fingerprint density at radius 2 is 2.39 bits per heavy atom. The third-order valence-corrected chi connectivity index (χ3v) is 2.95. The highest BCUT2D eigenvalue weighted by Crippen LogP contribution is 2.33. The molecule has 1 aliphatic rings. The maximum atomic E-state index is 11.7. The van der Waals surface area contributed by atoms with Gasteiger partial charge in [-0.3, -0.25) is 0 Å². The largest absolute Gasteiger partial charge is 0.465 e. The van der Waals surface area contributed by atoms with Crippen molar-refractivity contribution < 1.29 is 14.6 Å². The molecule has 0 amide bonds. The number of carbonyl (C=O) groups is 1. The zero-order valence-electron chi connectivity index (χ0n) is 10.3. The Kier molecular flexibility index (Phi) is 3.66. The number of hydrogen-bond donors (Lipinski definition) is 2. The van der Waals surface area contributed by atoms with Gasteiger partial charge in [-0.15, -0.1) is 0 Å². The quantitative estimate of drug-likeness (QED) is 0.737. The fraction of sp³-hybridized carbons (Fsp3) is 0.500. The average molecular weight is 251 g/mol. The maximum absolute atomic E-state index is 11.7. The molecule has 0 atom stereocenters. The van der Waals surface area contributed by atoms with Crippen molar-refractivity contribution in [2.75, 3.05) is 30.9 Å². The molecule has 0 unspecified atom stereocenters. The number of nitrogen functional groups attached to an aromatic ring is 1. The van der Waals surface area contributed by atoms with Gasteiger partial charge in [-0.2, -0.15) is 0 Å². The molecule has 0 aromatic carbocycles. The highest BCUT2D eigenvalue weighted by molar-refractivity contribution is 5.96. The van der Waals surface area contributed by atoms with Gasteiger partial charge in [0.2, 0.25) is 0 Å². The van der Waals surface area contributed by atoms with Gasteiger partial charge >= 0.3 is 5.97 Å². The molecule has 1 fully saturated rings. The van der Waals surface area contributed by atoms with Crippen molar-refractivity contribution in [2.24, 2.45) is 0 Å². The first-order chi connectivity index (χ1) is 8.67. The number of aromatic nitrogens is 1. The number of aliphatic hydroxyl groups is 1. The highest BCUT2D eigenvalue weighted by atomic mass is 16.5. The summed E-state index contributed by atoms with van der Waals surface area (Å²) in [6, 6.07) is 1.87. The molecule has 3 N–H and O–H groups in total. The number of hydrogen-bond acceptors (Lipinski definition) is 6. The molecule has 1 saturated carbocycles. The summed E-state index contributed by atoms with van der Waals surface area (Å²) in [6.07, 6.45) is 3.69. The van der Waals surface area contributed by atoms with E-state index in [9.17, 15) is 4.79 Å². The monoisotopic (exact) mass is 251 g/mol. The number of methoxy groups -OCH3 is 1. The van der Waals surface area contributed by atoms with Crippen LogP contribution in [0, 0.1) is 0 Å². The van der Waals surface area contributed by atoms with Crippen LogP contribution < -0.4 is 10.6 Å². The van der Waals surface area contributed by atoms with E-state index < -0.39 is 5.97 Å². The summed E-state index contributed by atoms with van der Waals surface area (Å²) in [5.74, 6) is -0.165. The first kappa shape index (κ1) is 12.6. The SMILES string of the molecule is COC(=O)c1cc(N)ncc1N(CCO)C1CC1. The summed E-state index contributed by atoms with van der Waals surface area (Å²) in [7, 11) is 1.33. The molecule has 6 heteroatoms. The number of nitrogens with zero attached hydrogens (tertiary/aromatic N) is 2. The lowest BCUT2D eigenvalue weighted by atomic mass is 10.2. The van der Waals surface area contributed by atoms with E-state index in [4.69, 9.17) is 15.6 Å². The number of nitrogens with two attached hydrogens (primary N) is 1. The number of ether oxygens (including phenoxy) is 1. The summed E-state index contributed by atoms with van der Waals surface area (Å²) in [6.45, 7) is 0.502. The van der Waals surface area contributed by atoms with Gasteiger partial charge in [-0.1, -0.05) is 0 Å². The molecular formula is C12H17N3O3. The van der Waals surface area contributed by atoms with Gasteiger partial charge in [0, 0.05) is 12.6 Å². The summed E-state index contributed by atoms with van der Waals surface area (Å²) in [4.78, 5) is 17.7. The van der Waals surface area contributed by atoms with Crippen LogP contribution in [0.3, 0.4) is 0 Å². The second kappa shape index (κ2) is 5.22. The Labute approximate surface area is 105 Å². The van der Waals surface area contributed by atoms with Crippen LogP contribution in [0.25, 0.3) is 0 Å². The van der Waals surface area contributed by atoms with Crippen LogP contribution in [0.1, 0.15) is 23.2 Å². The number of carbonyl (C=O) groups excluding carboxylic acids is 1. The minimum atomic E-state index is -0.442. The maximum Gasteiger partial charge on any atom is 0.340 e. The van der Waals surface area contributed by atoms with Gasteiger partial charge in [0.1, 0.15) is 5.82 Å². The van der Waals surface area contributed by atoms with Gasteiger partial charge in [-0.25, -0.2) is 9.78 Å². The molecule has 6 nitrogen and oxygen atoms in total. The number of aliphatic hydroxyl groups excluding tert-OH is 1. The predicted molar refractivity (Wildman–Crippen MR) is 67.4 cm³/mol. The molecule has 0 bridgehead atoms. The molecule has 2 rings (SSSR count). The second-order valence-electron chi connectivity index (χ2n) is 4.27. The lowest BCUT2D eigenvalue weighted by Gasteiger charge is -2.25. The van der Waals surface area contributed by atoms with E-state index >= 15 is 0 Å². The Balaban J connectivity index is 2.37. The molecule has 1 aliphatic carbocycles. The van der Waals surface area contributed by atoms with E-state index in [1.165, 1.54) is 13.2 Å². The number of pyridine rings is 1. The molecule has 98 valence electrons. The van der Waals surface area contributed by atoms with Crippen molar-refractivity contribution in [3.05, 3.63) is 17.8 Å². The third kappa shape index (κ3) is 2.53. The smallest absolute Gasteiger partial charge is 0.340 e. The van der Waals surface area contributed by atoms with Crippen LogP contribution in [0.4, 0.5) is 11.5 Å². The molecule has 0 radical (unpaired) electrons. The van der Waals surface area contributed by atoms with Crippen molar-refractivity contribution in [3.8, 4) is 0 Å². The topological polar surface area (TPSA) is 88.7 Å². The Bertz CT molecular complexity index is 446. The molecule has 0 aliphatic heterocycles. The summed E-state index contributed by atoms with van der Waals surface area (Å²) < 4.78 is 4.75. The average Bonchev–Trinajstić information content (AvgIpc) is 3.19. The normalized spacial score (nSPS) is 14.3. The fourth-order valence-electron chi connectivity index (χ4n) is 1.96. The van der Waals surface area contributed by atoms with Crippen LogP contribution in [-0.2, 0) is 4.74 Å². The molecular weight excluding hydrogens is 234 g/mol. The summed E-state index contributed by atoms with van der Waals surface area (Å²) >= 11 is 0. The van der Waals surface area contributed by atoms with E-state index in [0.29, 0.717) is 23.8 Å².